The van der Waals surface area contributed by atoms with E-state index in [2.05, 4.69) is 28.6 Å². The highest BCUT2D eigenvalue weighted by molar-refractivity contribution is 9.10. The Bertz CT molecular complexity index is 622. The summed E-state index contributed by atoms with van der Waals surface area (Å²) in [7, 11) is 0. The molecule has 0 unspecified atom stereocenters. The van der Waals surface area contributed by atoms with Crippen molar-refractivity contribution in [3.05, 3.63) is 46.6 Å². The Labute approximate surface area is 108 Å². The molecule has 1 aromatic carbocycles. The number of rotatable bonds is 3. The van der Waals surface area contributed by atoms with Crippen molar-refractivity contribution in [2.45, 2.75) is 6.54 Å². The normalized spacial score (nSPS) is 10.4. The van der Waals surface area contributed by atoms with Gasteiger partial charge >= 0.3 is 0 Å². The molecule has 0 amide bonds. The summed E-state index contributed by atoms with van der Waals surface area (Å²) in [6.45, 7) is 4.24. The Hall–Kier alpha value is -1.57. The van der Waals surface area contributed by atoms with Crippen LogP contribution in [0.3, 0.4) is 0 Å². The number of hydrogen-bond donors (Lipinski definition) is 1. The van der Waals surface area contributed by atoms with E-state index in [0.29, 0.717) is 17.7 Å². The number of aliphatic hydroxyl groups is 1. The van der Waals surface area contributed by atoms with E-state index in [0.717, 1.165) is 15.4 Å². The first-order valence-electron chi connectivity index (χ1n) is 5.11. The van der Waals surface area contributed by atoms with Crippen LogP contribution in [0.2, 0.25) is 0 Å². The second-order valence-electron chi connectivity index (χ2n) is 3.85. The van der Waals surface area contributed by atoms with Gasteiger partial charge in [-0.2, -0.15) is 5.26 Å². The van der Waals surface area contributed by atoms with Crippen LogP contribution in [0, 0.1) is 11.3 Å². The maximum Gasteiger partial charge on any atom is 0.101 e. The SMILES string of the molecule is C=C(CO)Cn1cc(C#N)c2ccc(Br)cc21. The van der Waals surface area contributed by atoms with Gasteiger partial charge in [0.05, 0.1) is 17.7 Å². The van der Waals surface area contributed by atoms with E-state index in [1.165, 1.54) is 0 Å². The maximum absolute atomic E-state index is 9.06. The summed E-state index contributed by atoms with van der Waals surface area (Å²) in [5, 5.41) is 19.0. The van der Waals surface area contributed by atoms with Gasteiger partial charge in [-0.05, 0) is 17.7 Å². The minimum Gasteiger partial charge on any atom is -0.392 e. The molecule has 1 N–H and O–H groups in total. The third-order valence-corrected chi connectivity index (χ3v) is 3.08. The summed E-state index contributed by atoms with van der Waals surface area (Å²) in [4.78, 5) is 0. The second kappa shape index (κ2) is 4.74. The number of halogens is 1. The number of aromatic nitrogens is 1. The average molecular weight is 291 g/mol. The highest BCUT2D eigenvalue weighted by atomic mass is 79.9. The summed E-state index contributed by atoms with van der Waals surface area (Å²) in [6, 6.07) is 7.96. The van der Waals surface area contributed by atoms with Crippen LogP contribution in [0.5, 0.6) is 0 Å². The fourth-order valence-electron chi connectivity index (χ4n) is 1.78. The van der Waals surface area contributed by atoms with Crippen LogP contribution in [-0.4, -0.2) is 16.3 Å². The summed E-state index contributed by atoms with van der Waals surface area (Å²) >= 11 is 3.41. The zero-order valence-corrected chi connectivity index (χ0v) is 10.7. The smallest absolute Gasteiger partial charge is 0.101 e. The highest BCUT2D eigenvalue weighted by Gasteiger charge is 2.08. The minimum atomic E-state index is -0.0461. The molecule has 0 aliphatic carbocycles. The summed E-state index contributed by atoms with van der Waals surface area (Å²) in [5.41, 5.74) is 2.31. The van der Waals surface area contributed by atoms with Crippen LogP contribution in [-0.2, 0) is 6.54 Å². The Balaban J connectivity index is 2.59. The number of nitriles is 1. The zero-order valence-electron chi connectivity index (χ0n) is 9.15. The molecule has 0 fully saturated rings. The van der Waals surface area contributed by atoms with Crippen molar-refractivity contribution in [1.82, 2.24) is 4.57 Å². The fourth-order valence-corrected chi connectivity index (χ4v) is 2.12. The molecule has 2 aromatic rings. The quantitative estimate of drug-likeness (QED) is 0.884. The van der Waals surface area contributed by atoms with E-state index in [4.69, 9.17) is 10.4 Å². The predicted octanol–water partition coefficient (Wildman–Crippen LogP) is 2.82. The van der Waals surface area contributed by atoms with Crippen LogP contribution >= 0.6 is 15.9 Å². The molecular weight excluding hydrogens is 280 g/mol. The van der Waals surface area contributed by atoms with Crippen LogP contribution in [0.15, 0.2) is 41.0 Å². The minimum absolute atomic E-state index is 0.0461. The number of fused-ring (bicyclic) bond motifs is 1. The molecule has 3 nitrogen and oxygen atoms in total. The second-order valence-corrected chi connectivity index (χ2v) is 4.77. The maximum atomic E-state index is 9.06. The van der Waals surface area contributed by atoms with Crippen LogP contribution in [0.1, 0.15) is 5.56 Å². The molecule has 4 heteroatoms. The zero-order chi connectivity index (χ0) is 12.4. The third-order valence-electron chi connectivity index (χ3n) is 2.58. The van der Waals surface area contributed by atoms with Crippen molar-refractivity contribution in [3.8, 4) is 6.07 Å². The van der Waals surface area contributed by atoms with Crippen molar-refractivity contribution in [3.63, 3.8) is 0 Å². The van der Waals surface area contributed by atoms with Crippen LogP contribution in [0.25, 0.3) is 10.9 Å². The summed E-state index contributed by atoms with van der Waals surface area (Å²) in [6.07, 6.45) is 1.79. The Morgan fingerprint density at radius 3 is 2.94 bits per heavy atom. The molecule has 0 saturated heterocycles. The number of benzene rings is 1. The molecule has 0 aliphatic rings. The molecule has 0 bridgehead atoms. The lowest BCUT2D eigenvalue weighted by atomic mass is 10.2. The first-order valence-corrected chi connectivity index (χ1v) is 5.91. The van der Waals surface area contributed by atoms with Crippen molar-refractivity contribution in [1.29, 1.82) is 5.26 Å². The number of nitrogens with zero attached hydrogens (tertiary/aromatic N) is 2. The van der Waals surface area contributed by atoms with Gasteiger partial charge in [0.15, 0.2) is 0 Å². The first kappa shape index (κ1) is 11.9. The van der Waals surface area contributed by atoms with Gasteiger partial charge in [0, 0.05) is 22.6 Å². The first-order chi connectivity index (χ1) is 8.15. The van der Waals surface area contributed by atoms with E-state index < -0.39 is 0 Å². The molecule has 1 heterocycles. The van der Waals surface area contributed by atoms with Gasteiger partial charge in [0.2, 0.25) is 0 Å². The molecule has 1 aromatic heterocycles. The van der Waals surface area contributed by atoms with Crippen LogP contribution in [0.4, 0.5) is 0 Å². The largest absolute Gasteiger partial charge is 0.392 e. The average Bonchev–Trinajstić information content (AvgIpc) is 2.66. The molecule has 0 aliphatic heterocycles. The van der Waals surface area contributed by atoms with Crippen molar-refractivity contribution in [2.24, 2.45) is 0 Å². The van der Waals surface area contributed by atoms with Gasteiger partial charge in [0.25, 0.3) is 0 Å². The Morgan fingerprint density at radius 1 is 1.53 bits per heavy atom. The number of aliphatic hydroxyl groups excluding tert-OH is 1. The molecule has 0 saturated carbocycles. The molecule has 17 heavy (non-hydrogen) atoms. The van der Waals surface area contributed by atoms with Gasteiger partial charge in [-0.15, -0.1) is 0 Å². The van der Waals surface area contributed by atoms with Crippen molar-refractivity contribution >= 4 is 26.8 Å². The Kier molecular flexibility index (Phi) is 3.32. The van der Waals surface area contributed by atoms with Gasteiger partial charge in [-0.3, -0.25) is 0 Å². The fraction of sp³-hybridized carbons (Fsp3) is 0.154. The lowest BCUT2D eigenvalue weighted by Crippen LogP contribution is -2.01. The third kappa shape index (κ3) is 2.26. The highest BCUT2D eigenvalue weighted by Crippen LogP contribution is 2.25. The molecule has 2 rings (SSSR count). The van der Waals surface area contributed by atoms with E-state index >= 15 is 0 Å². The Morgan fingerprint density at radius 2 is 2.29 bits per heavy atom. The van der Waals surface area contributed by atoms with E-state index in [1.54, 1.807) is 6.20 Å². The van der Waals surface area contributed by atoms with E-state index in [-0.39, 0.29) is 6.61 Å². The number of hydrogen-bond acceptors (Lipinski definition) is 2. The lowest BCUT2D eigenvalue weighted by molar-refractivity contribution is 0.325. The topological polar surface area (TPSA) is 49.0 Å². The molecule has 86 valence electrons. The van der Waals surface area contributed by atoms with Gasteiger partial charge < -0.3 is 9.67 Å². The van der Waals surface area contributed by atoms with Crippen LogP contribution < -0.4 is 0 Å². The van der Waals surface area contributed by atoms with E-state index in [9.17, 15) is 0 Å². The molecule has 0 radical (unpaired) electrons. The van der Waals surface area contributed by atoms with Crippen molar-refractivity contribution in [2.75, 3.05) is 6.61 Å². The van der Waals surface area contributed by atoms with Crippen molar-refractivity contribution < 1.29 is 5.11 Å². The predicted molar refractivity (Wildman–Crippen MR) is 70.6 cm³/mol. The molecule has 0 spiro atoms. The lowest BCUT2D eigenvalue weighted by Gasteiger charge is -2.06. The summed E-state index contributed by atoms with van der Waals surface area (Å²) < 4.78 is 2.89. The standard InChI is InChI=1S/C13H11BrN2O/c1-9(8-17)6-16-7-10(5-15)12-3-2-11(14)4-13(12)16/h2-4,7,17H,1,6,8H2. The monoisotopic (exact) mass is 290 g/mol. The summed E-state index contributed by atoms with van der Waals surface area (Å²) in [5.74, 6) is 0. The molecular formula is C13H11BrN2O. The van der Waals surface area contributed by atoms with E-state index in [1.807, 2.05) is 22.8 Å². The van der Waals surface area contributed by atoms with Gasteiger partial charge in [-0.25, -0.2) is 0 Å². The van der Waals surface area contributed by atoms with Gasteiger partial charge in [-0.1, -0.05) is 28.6 Å². The molecule has 0 atom stereocenters. The van der Waals surface area contributed by atoms with Gasteiger partial charge in [0.1, 0.15) is 6.07 Å².